The Kier molecular flexibility index (Phi) is 9.45. The van der Waals surface area contributed by atoms with Gasteiger partial charge in [-0.15, -0.1) is 23.2 Å². The van der Waals surface area contributed by atoms with E-state index in [-0.39, 0.29) is 4.92 Å². The Morgan fingerprint density at radius 3 is 2.50 bits per heavy atom. The molecule has 0 amide bonds. The molecule has 84 valence electrons. The van der Waals surface area contributed by atoms with Gasteiger partial charge in [0.05, 0.1) is 6.54 Å². The summed E-state index contributed by atoms with van der Waals surface area (Å²) in [7, 11) is 0. The molecule has 1 atom stereocenters. The SMILES string of the molecule is O=[N+]([O-])C(CCCCCl)CNCCCl. The smallest absolute Gasteiger partial charge is 0.225 e. The van der Waals surface area contributed by atoms with Crippen LogP contribution >= 0.6 is 23.2 Å². The van der Waals surface area contributed by atoms with Crippen LogP contribution in [-0.2, 0) is 0 Å². The summed E-state index contributed by atoms with van der Waals surface area (Å²) < 4.78 is 0. The summed E-state index contributed by atoms with van der Waals surface area (Å²) in [4.78, 5) is 10.3. The zero-order valence-corrected chi connectivity index (χ0v) is 9.56. The molecular weight excluding hydrogens is 227 g/mol. The Hall–Kier alpha value is -0.0600. The van der Waals surface area contributed by atoms with Gasteiger partial charge in [0, 0.05) is 29.6 Å². The molecule has 0 saturated carbocycles. The van der Waals surface area contributed by atoms with Crippen LogP contribution in [-0.4, -0.2) is 35.8 Å². The predicted octanol–water partition coefficient (Wildman–Crippen LogP) is 1.87. The van der Waals surface area contributed by atoms with E-state index in [1.807, 2.05) is 0 Å². The summed E-state index contributed by atoms with van der Waals surface area (Å²) in [5, 5.41) is 13.5. The molecule has 0 aliphatic heterocycles. The van der Waals surface area contributed by atoms with E-state index in [1.54, 1.807) is 0 Å². The standard InChI is InChI=1S/C8H16Cl2N2O2/c9-4-2-1-3-8(12(13)14)7-11-6-5-10/h8,11H,1-7H2. The minimum absolute atomic E-state index is 0.241. The van der Waals surface area contributed by atoms with Gasteiger partial charge in [0.2, 0.25) is 6.04 Å². The lowest BCUT2D eigenvalue weighted by Crippen LogP contribution is -2.33. The van der Waals surface area contributed by atoms with Gasteiger partial charge in [-0.1, -0.05) is 0 Å². The third-order valence-electron chi connectivity index (χ3n) is 1.87. The van der Waals surface area contributed by atoms with Crippen LogP contribution in [0.15, 0.2) is 0 Å². The first-order valence-corrected chi connectivity index (χ1v) is 5.75. The molecule has 0 aromatic rings. The first-order chi connectivity index (χ1) is 6.72. The van der Waals surface area contributed by atoms with Crippen molar-refractivity contribution in [1.82, 2.24) is 5.32 Å². The number of hydrogen-bond acceptors (Lipinski definition) is 3. The molecule has 0 aliphatic rings. The fourth-order valence-corrected chi connectivity index (χ4v) is 1.41. The highest BCUT2D eigenvalue weighted by Gasteiger charge is 2.18. The van der Waals surface area contributed by atoms with Crippen molar-refractivity contribution in [2.24, 2.45) is 0 Å². The van der Waals surface area contributed by atoms with Crippen LogP contribution in [0.4, 0.5) is 0 Å². The van der Waals surface area contributed by atoms with Crippen molar-refractivity contribution in [3.8, 4) is 0 Å². The van der Waals surface area contributed by atoms with Crippen molar-refractivity contribution < 1.29 is 4.92 Å². The minimum Gasteiger partial charge on any atom is -0.309 e. The largest absolute Gasteiger partial charge is 0.309 e. The normalized spacial score (nSPS) is 12.7. The number of rotatable bonds is 9. The maximum Gasteiger partial charge on any atom is 0.225 e. The second-order valence-corrected chi connectivity index (χ2v) is 3.77. The van der Waals surface area contributed by atoms with Gasteiger partial charge in [-0.05, 0) is 12.8 Å². The van der Waals surface area contributed by atoms with Gasteiger partial charge in [0.15, 0.2) is 0 Å². The molecule has 0 spiro atoms. The maximum atomic E-state index is 10.6. The lowest BCUT2D eigenvalue weighted by Gasteiger charge is -2.09. The van der Waals surface area contributed by atoms with Crippen LogP contribution in [0.5, 0.6) is 0 Å². The Labute approximate surface area is 94.1 Å². The summed E-state index contributed by atoms with van der Waals surface area (Å²) in [6.07, 6.45) is 2.22. The summed E-state index contributed by atoms with van der Waals surface area (Å²) in [5.41, 5.74) is 0. The van der Waals surface area contributed by atoms with E-state index in [4.69, 9.17) is 23.2 Å². The van der Waals surface area contributed by atoms with Crippen molar-refractivity contribution in [1.29, 1.82) is 0 Å². The number of unbranched alkanes of at least 4 members (excludes halogenated alkanes) is 1. The molecule has 0 heterocycles. The van der Waals surface area contributed by atoms with Crippen molar-refractivity contribution >= 4 is 23.2 Å². The van der Waals surface area contributed by atoms with Gasteiger partial charge in [-0.2, -0.15) is 0 Å². The molecule has 0 aliphatic carbocycles. The monoisotopic (exact) mass is 242 g/mol. The van der Waals surface area contributed by atoms with E-state index in [2.05, 4.69) is 5.32 Å². The summed E-state index contributed by atoms with van der Waals surface area (Å²) >= 11 is 10.9. The first kappa shape index (κ1) is 13.9. The molecule has 0 saturated heterocycles. The summed E-state index contributed by atoms with van der Waals surface area (Å²) in [6, 6.07) is -0.513. The first-order valence-electron chi connectivity index (χ1n) is 4.68. The molecule has 4 nitrogen and oxygen atoms in total. The van der Waals surface area contributed by atoms with Crippen LogP contribution in [0.2, 0.25) is 0 Å². The van der Waals surface area contributed by atoms with Gasteiger partial charge >= 0.3 is 0 Å². The van der Waals surface area contributed by atoms with E-state index in [1.165, 1.54) is 0 Å². The summed E-state index contributed by atoms with van der Waals surface area (Å²) in [6.45, 7) is 1.00. The minimum atomic E-state index is -0.513. The molecule has 0 rings (SSSR count). The third-order valence-corrected chi connectivity index (χ3v) is 2.33. The average Bonchev–Trinajstić information content (AvgIpc) is 2.15. The predicted molar refractivity (Wildman–Crippen MR) is 58.9 cm³/mol. The highest BCUT2D eigenvalue weighted by molar-refractivity contribution is 6.18. The zero-order chi connectivity index (χ0) is 10.8. The van der Waals surface area contributed by atoms with Crippen molar-refractivity contribution in [3.05, 3.63) is 10.1 Å². The highest BCUT2D eigenvalue weighted by atomic mass is 35.5. The van der Waals surface area contributed by atoms with E-state index < -0.39 is 6.04 Å². The quantitative estimate of drug-likeness (QED) is 0.291. The fourth-order valence-electron chi connectivity index (χ4n) is 1.09. The molecule has 14 heavy (non-hydrogen) atoms. The van der Waals surface area contributed by atoms with Crippen LogP contribution in [0.25, 0.3) is 0 Å². The lowest BCUT2D eigenvalue weighted by atomic mass is 10.1. The van der Waals surface area contributed by atoms with E-state index in [0.717, 1.165) is 12.8 Å². The topological polar surface area (TPSA) is 55.2 Å². The zero-order valence-electron chi connectivity index (χ0n) is 8.05. The van der Waals surface area contributed by atoms with Crippen LogP contribution in [0.3, 0.4) is 0 Å². The van der Waals surface area contributed by atoms with Crippen LogP contribution in [0, 0.1) is 10.1 Å². The molecule has 6 heteroatoms. The van der Waals surface area contributed by atoms with Gasteiger partial charge < -0.3 is 5.32 Å². The molecule has 1 N–H and O–H groups in total. The second kappa shape index (κ2) is 9.49. The van der Waals surface area contributed by atoms with Gasteiger partial charge in [-0.25, -0.2) is 0 Å². The Morgan fingerprint density at radius 2 is 2.00 bits per heavy atom. The third kappa shape index (κ3) is 7.35. The molecule has 0 bridgehead atoms. The number of nitrogens with one attached hydrogen (secondary N) is 1. The lowest BCUT2D eigenvalue weighted by molar-refractivity contribution is -0.521. The van der Waals surface area contributed by atoms with E-state index in [0.29, 0.717) is 31.3 Å². The average molecular weight is 243 g/mol. The van der Waals surface area contributed by atoms with Crippen molar-refractivity contribution in [2.45, 2.75) is 25.3 Å². The van der Waals surface area contributed by atoms with Gasteiger partial charge in [-0.3, -0.25) is 10.1 Å². The fraction of sp³-hybridized carbons (Fsp3) is 1.00. The number of nitro groups is 1. The number of nitrogens with zero attached hydrogens (tertiary/aromatic N) is 1. The van der Waals surface area contributed by atoms with Gasteiger partial charge in [0.25, 0.3) is 0 Å². The van der Waals surface area contributed by atoms with Crippen molar-refractivity contribution in [3.63, 3.8) is 0 Å². The number of alkyl halides is 2. The molecule has 1 unspecified atom stereocenters. The summed E-state index contributed by atoms with van der Waals surface area (Å²) in [5.74, 6) is 1.05. The van der Waals surface area contributed by atoms with Crippen LogP contribution in [0.1, 0.15) is 19.3 Å². The molecule has 0 aromatic heterocycles. The Morgan fingerprint density at radius 1 is 1.29 bits per heavy atom. The maximum absolute atomic E-state index is 10.6. The Balaban J connectivity index is 3.61. The second-order valence-electron chi connectivity index (χ2n) is 3.02. The van der Waals surface area contributed by atoms with E-state index in [9.17, 15) is 10.1 Å². The molecule has 0 fully saturated rings. The Bertz CT molecular complexity index is 148. The molecule has 0 aromatic carbocycles. The highest BCUT2D eigenvalue weighted by Crippen LogP contribution is 2.04. The van der Waals surface area contributed by atoms with Gasteiger partial charge in [0.1, 0.15) is 0 Å². The number of hydrogen-bond donors (Lipinski definition) is 1. The molecule has 0 radical (unpaired) electrons. The van der Waals surface area contributed by atoms with Crippen LogP contribution < -0.4 is 5.32 Å². The van der Waals surface area contributed by atoms with E-state index >= 15 is 0 Å². The van der Waals surface area contributed by atoms with Crippen molar-refractivity contribution in [2.75, 3.05) is 24.8 Å². The number of halogens is 2. The molecular formula is C8H16Cl2N2O2.